The van der Waals surface area contributed by atoms with Crippen LogP contribution in [0.4, 0.5) is 0 Å². The van der Waals surface area contributed by atoms with Gasteiger partial charge < -0.3 is 24.6 Å². The lowest BCUT2D eigenvalue weighted by atomic mass is 10.1. The summed E-state index contributed by atoms with van der Waals surface area (Å²) in [5.74, 6) is -1.18. The average Bonchev–Trinajstić information content (AvgIpc) is 3.02. The van der Waals surface area contributed by atoms with E-state index in [4.69, 9.17) is 19.1 Å². The summed E-state index contributed by atoms with van der Waals surface area (Å²) in [6.45, 7) is 2.17. The van der Waals surface area contributed by atoms with Crippen molar-refractivity contribution in [1.29, 1.82) is 0 Å². The van der Waals surface area contributed by atoms with Crippen LogP contribution in [0.1, 0.15) is 142 Å². The number of hydrogen-bond donors (Lipinski definition) is 3. The van der Waals surface area contributed by atoms with Crippen molar-refractivity contribution in [2.75, 3.05) is 26.4 Å². The molecule has 0 rings (SSSR count). The zero-order chi connectivity index (χ0) is 33.4. The van der Waals surface area contributed by atoms with Crippen molar-refractivity contribution in [3.05, 3.63) is 24.3 Å². The smallest absolute Gasteiger partial charge is 0.458 e. The molecule has 0 aliphatic carbocycles. The molecular formula is C34H63O10P. The van der Waals surface area contributed by atoms with Gasteiger partial charge in [0.1, 0.15) is 12.7 Å². The lowest BCUT2D eigenvalue weighted by molar-refractivity contribution is -0.159. The molecule has 11 heteroatoms. The van der Waals surface area contributed by atoms with Crippen LogP contribution in [0.25, 0.3) is 0 Å². The molecule has 0 aliphatic rings. The van der Waals surface area contributed by atoms with Gasteiger partial charge in [0.2, 0.25) is 0 Å². The zero-order valence-electron chi connectivity index (χ0n) is 28.1. The van der Waals surface area contributed by atoms with Crippen LogP contribution in [0.3, 0.4) is 0 Å². The Hall–Kier alpha value is -1.55. The summed E-state index contributed by atoms with van der Waals surface area (Å²) in [7, 11) is -4.62. The second-order valence-electron chi connectivity index (χ2n) is 11.6. The molecular weight excluding hydrogens is 599 g/mol. The molecule has 10 nitrogen and oxygen atoms in total. The SMILES string of the molecule is CCCCCCCCCCCCC/C=C/C=C/C(=O)OC[C@@H](COP(=O)(O)OC[C@H](O)CO)OC(=O)CCCCCCCCC. The highest BCUT2D eigenvalue weighted by molar-refractivity contribution is 7.47. The average molecular weight is 663 g/mol. The van der Waals surface area contributed by atoms with Crippen LogP contribution in [-0.4, -0.2) is 65.7 Å². The number of esters is 2. The lowest BCUT2D eigenvalue weighted by Crippen LogP contribution is -2.29. The second-order valence-corrected chi connectivity index (χ2v) is 13.1. The molecule has 3 N–H and O–H groups in total. The van der Waals surface area contributed by atoms with Crippen LogP contribution in [0, 0.1) is 0 Å². The second kappa shape index (κ2) is 31.1. The molecule has 0 bridgehead atoms. The van der Waals surface area contributed by atoms with Crippen molar-refractivity contribution in [2.45, 2.75) is 154 Å². The molecule has 0 fully saturated rings. The van der Waals surface area contributed by atoms with Gasteiger partial charge in [-0.3, -0.25) is 13.8 Å². The number of carbonyl (C=O) groups is 2. The molecule has 0 saturated carbocycles. The molecule has 0 spiro atoms. The van der Waals surface area contributed by atoms with E-state index in [0.29, 0.717) is 6.42 Å². The number of hydrogen-bond acceptors (Lipinski definition) is 9. The van der Waals surface area contributed by atoms with E-state index in [1.165, 1.54) is 89.5 Å². The maximum atomic E-state index is 12.4. The predicted molar refractivity (Wildman–Crippen MR) is 178 cm³/mol. The summed E-state index contributed by atoms with van der Waals surface area (Å²) in [6.07, 6.45) is 26.7. The van der Waals surface area contributed by atoms with E-state index in [-0.39, 0.29) is 13.0 Å². The number of phosphoric acid groups is 1. The van der Waals surface area contributed by atoms with Crippen molar-refractivity contribution in [1.82, 2.24) is 0 Å². The first-order valence-electron chi connectivity index (χ1n) is 17.3. The number of allylic oxidation sites excluding steroid dienone is 3. The van der Waals surface area contributed by atoms with E-state index in [1.54, 1.807) is 12.2 Å². The Morgan fingerprint density at radius 2 is 1.22 bits per heavy atom. The standard InChI is InChI=1S/C34H63O10P/c1-3-5-7-9-11-12-13-14-15-16-17-18-20-21-23-25-33(37)41-29-32(30-43-45(39,40)42-28-31(36)27-35)44-34(38)26-24-22-19-10-8-6-4-2/h20-21,23,25,31-32,35-36H,3-19,22,24,26-30H2,1-2H3,(H,39,40)/b21-20+,25-23+/t31-,32+/m1/s1. The van der Waals surface area contributed by atoms with Gasteiger partial charge in [-0.2, -0.15) is 0 Å². The quantitative estimate of drug-likeness (QED) is 0.0213. The van der Waals surface area contributed by atoms with Crippen molar-refractivity contribution >= 4 is 19.8 Å². The number of phosphoric ester groups is 1. The summed E-state index contributed by atoms with van der Waals surface area (Å²) < 4.78 is 32.2. The van der Waals surface area contributed by atoms with Crippen LogP contribution in [0.15, 0.2) is 24.3 Å². The van der Waals surface area contributed by atoms with Gasteiger partial charge in [-0.15, -0.1) is 0 Å². The summed E-state index contributed by atoms with van der Waals surface area (Å²) in [5.41, 5.74) is 0. The van der Waals surface area contributed by atoms with E-state index in [9.17, 15) is 24.2 Å². The molecule has 1 unspecified atom stereocenters. The lowest BCUT2D eigenvalue weighted by Gasteiger charge is -2.20. The molecule has 0 radical (unpaired) electrons. The Balaban J connectivity index is 4.46. The number of aliphatic hydroxyl groups excluding tert-OH is 2. The monoisotopic (exact) mass is 662 g/mol. The van der Waals surface area contributed by atoms with Crippen molar-refractivity contribution in [3.8, 4) is 0 Å². The largest absolute Gasteiger partial charge is 0.472 e. The van der Waals surface area contributed by atoms with E-state index < -0.39 is 51.8 Å². The van der Waals surface area contributed by atoms with Crippen molar-refractivity contribution in [3.63, 3.8) is 0 Å². The molecule has 45 heavy (non-hydrogen) atoms. The molecule has 0 aliphatic heterocycles. The number of ether oxygens (including phenoxy) is 2. The fraction of sp³-hybridized carbons (Fsp3) is 0.824. The Bertz CT molecular complexity index is 817. The predicted octanol–water partition coefficient (Wildman–Crippen LogP) is 7.88. The third-order valence-electron chi connectivity index (χ3n) is 7.21. The maximum Gasteiger partial charge on any atom is 0.472 e. The van der Waals surface area contributed by atoms with Gasteiger partial charge in [-0.05, 0) is 19.3 Å². The van der Waals surface area contributed by atoms with E-state index in [2.05, 4.69) is 18.4 Å². The van der Waals surface area contributed by atoms with Gasteiger partial charge in [0.15, 0.2) is 6.10 Å². The van der Waals surface area contributed by atoms with Crippen molar-refractivity contribution < 1.29 is 47.8 Å². The molecule has 0 heterocycles. The third kappa shape index (κ3) is 30.8. The highest BCUT2D eigenvalue weighted by Gasteiger charge is 2.27. The van der Waals surface area contributed by atoms with Gasteiger partial charge in [0.25, 0.3) is 0 Å². The van der Waals surface area contributed by atoms with Crippen LogP contribution in [-0.2, 0) is 32.7 Å². The minimum absolute atomic E-state index is 0.165. The number of aliphatic hydroxyl groups is 2. The van der Waals surface area contributed by atoms with Gasteiger partial charge in [0, 0.05) is 12.5 Å². The minimum atomic E-state index is -4.62. The van der Waals surface area contributed by atoms with Crippen LogP contribution in [0.2, 0.25) is 0 Å². The Labute approximate surface area is 272 Å². The van der Waals surface area contributed by atoms with Gasteiger partial charge in [0.05, 0.1) is 19.8 Å². The summed E-state index contributed by atoms with van der Waals surface area (Å²) in [6, 6.07) is 0. The normalized spacial score (nSPS) is 14.5. The number of unbranched alkanes of at least 4 members (excludes halogenated alkanes) is 17. The number of rotatable bonds is 32. The van der Waals surface area contributed by atoms with Gasteiger partial charge >= 0.3 is 19.8 Å². The summed E-state index contributed by atoms with van der Waals surface area (Å²) >= 11 is 0. The van der Waals surface area contributed by atoms with Crippen molar-refractivity contribution in [2.24, 2.45) is 0 Å². The van der Waals surface area contributed by atoms with Crippen LogP contribution >= 0.6 is 7.82 Å². The fourth-order valence-electron chi connectivity index (χ4n) is 4.49. The summed E-state index contributed by atoms with van der Waals surface area (Å²) in [4.78, 5) is 34.4. The molecule has 0 aromatic heterocycles. The third-order valence-corrected chi connectivity index (χ3v) is 8.16. The molecule has 3 atom stereocenters. The van der Waals surface area contributed by atoms with E-state index in [1.807, 2.05) is 6.08 Å². The highest BCUT2D eigenvalue weighted by Crippen LogP contribution is 2.43. The Morgan fingerprint density at radius 3 is 1.78 bits per heavy atom. The first kappa shape index (κ1) is 43.5. The zero-order valence-corrected chi connectivity index (χ0v) is 29.0. The van der Waals surface area contributed by atoms with E-state index in [0.717, 1.165) is 32.1 Å². The maximum absolute atomic E-state index is 12.4. The molecule has 0 saturated heterocycles. The molecule has 0 amide bonds. The summed E-state index contributed by atoms with van der Waals surface area (Å²) in [5, 5.41) is 18.2. The minimum Gasteiger partial charge on any atom is -0.458 e. The topological polar surface area (TPSA) is 149 Å². The molecule has 0 aromatic carbocycles. The van der Waals surface area contributed by atoms with Crippen LogP contribution in [0.5, 0.6) is 0 Å². The first-order chi connectivity index (χ1) is 21.7. The van der Waals surface area contributed by atoms with E-state index >= 15 is 0 Å². The molecule has 0 aromatic rings. The Kier molecular flexibility index (Phi) is 30.0. The van der Waals surface area contributed by atoms with Gasteiger partial charge in [-0.25, -0.2) is 9.36 Å². The first-order valence-corrected chi connectivity index (χ1v) is 18.8. The number of carbonyl (C=O) groups excluding carboxylic acids is 2. The Morgan fingerprint density at radius 1 is 0.711 bits per heavy atom. The van der Waals surface area contributed by atoms with Gasteiger partial charge in [-0.1, -0.05) is 135 Å². The molecule has 264 valence electrons. The van der Waals surface area contributed by atoms with Crippen LogP contribution < -0.4 is 0 Å². The fourth-order valence-corrected chi connectivity index (χ4v) is 5.28. The highest BCUT2D eigenvalue weighted by atomic mass is 31.2.